The van der Waals surface area contributed by atoms with E-state index in [2.05, 4.69) is 10.2 Å². The van der Waals surface area contributed by atoms with Gasteiger partial charge in [0.2, 0.25) is 0 Å². The van der Waals surface area contributed by atoms with Gasteiger partial charge in [-0.3, -0.25) is 0 Å². The molecule has 0 unspecified atom stereocenters. The van der Waals surface area contributed by atoms with Crippen LogP contribution in [0.25, 0.3) is 0 Å². The number of nitrogens with two attached hydrogens (primary N) is 1. The Morgan fingerprint density at radius 3 is 2.08 bits per heavy atom. The smallest absolute Gasteiger partial charge is 0.0679 e. The molecule has 3 nitrogen and oxygen atoms in total. The van der Waals surface area contributed by atoms with Gasteiger partial charge in [0.15, 0.2) is 0 Å². The Morgan fingerprint density at radius 1 is 1.00 bits per heavy atom. The molecule has 13 heavy (non-hydrogen) atoms. The van der Waals surface area contributed by atoms with Crippen molar-refractivity contribution < 1.29 is 4.84 Å². The van der Waals surface area contributed by atoms with E-state index < -0.39 is 0 Å². The third kappa shape index (κ3) is 18.7. The molecule has 0 aromatic rings. The topological polar surface area (TPSA) is 47.3 Å². The molecule has 0 aliphatic heterocycles. The van der Waals surface area contributed by atoms with Crippen LogP contribution in [0.1, 0.15) is 46.0 Å². The van der Waals surface area contributed by atoms with Gasteiger partial charge in [-0.15, -0.1) is 0 Å². The fraction of sp³-hybridized carbons (Fsp3) is 1.00. The van der Waals surface area contributed by atoms with Crippen LogP contribution < -0.4 is 11.2 Å². The first-order valence-electron chi connectivity index (χ1n) is 5.38. The molecule has 0 saturated heterocycles. The highest BCUT2D eigenvalue weighted by atomic mass is 16.6. The van der Waals surface area contributed by atoms with Gasteiger partial charge in [-0.2, -0.15) is 0 Å². The third-order valence-corrected chi connectivity index (χ3v) is 1.69. The van der Waals surface area contributed by atoms with Crippen molar-refractivity contribution in [3.05, 3.63) is 0 Å². The maximum Gasteiger partial charge on any atom is 0.0679 e. The minimum atomic E-state index is 0.700. The summed E-state index contributed by atoms with van der Waals surface area (Å²) in [4.78, 5) is 4.46. The van der Waals surface area contributed by atoms with Crippen LogP contribution in [0.4, 0.5) is 0 Å². The quantitative estimate of drug-likeness (QED) is 0.455. The molecule has 82 valence electrons. The van der Waals surface area contributed by atoms with Crippen molar-refractivity contribution in [3.8, 4) is 0 Å². The molecule has 0 saturated carbocycles. The second-order valence-corrected chi connectivity index (χ2v) is 2.74. The summed E-state index contributed by atoms with van der Waals surface area (Å²) in [7, 11) is 1.99. The lowest BCUT2D eigenvalue weighted by atomic mass is 10.1. The highest BCUT2D eigenvalue weighted by Crippen LogP contribution is 2.01. The monoisotopic (exact) mass is 190 g/mol. The van der Waals surface area contributed by atoms with E-state index in [0.29, 0.717) is 6.61 Å². The number of hydrogen-bond acceptors (Lipinski definition) is 3. The number of hydrogen-bond donors (Lipinski definition) is 2. The Labute approximate surface area is 83.0 Å². The second-order valence-electron chi connectivity index (χ2n) is 2.74. The van der Waals surface area contributed by atoms with E-state index in [0.717, 1.165) is 13.0 Å². The Kier molecular flexibility index (Phi) is 21.1. The van der Waals surface area contributed by atoms with Crippen molar-refractivity contribution >= 4 is 0 Å². The van der Waals surface area contributed by atoms with Crippen LogP contribution in [0.15, 0.2) is 0 Å². The van der Waals surface area contributed by atoms with Crippen molar-refractivity contribution in [1.82, 2.24) is 5.32 Å². The molecule has 0 amide bonds. The van der Waals surface area contributed by atoms with Crippen LogP contribution >= 0.6 is 0 Å². The molecule has 0 rings (SSSR count). The Hall–Kier alpha value is -0.120. The first-order chi connectivity index (χ1) is 6.41. The first kappa shape index (κ1) is 15.4. The van der Waals surface area contributed by atoms with Crippen LogP contribution in [0.3, 0.4) is 0 Å². The summed E-state index contributed by atoms with van der Waals surface area (Å²) in [5, 5.41) is 3.13. The van der Waals surface area contributed by atoms with Gasteiger partial charge in [0.05, 0.1) is 6.61 Å². The van der Waals surface area contributed by atoms with Crippen molar-refractivity contribution in [2.24, 2.45) is 5.90 Å². The van der Waals surface area contributed by atoms with E-state index in [1.165, 1.54) is 25.7 Å². The fourth-order valence-corrected chi connectivity index (χ4v) is 1.02. The SMILES string of the molecule is CC.CNCCCCCCCON. The van der Waals surface area contributed by atoms with E-state index in [1.807, 2.05) is 20.9 Å². The number of nitrogens with one attached hydrogen (secondary N) is 1. The fourth-order valence-electron chi connectivity index (χ4n) is 1.02. The highest BCUT2D eigenvalue weighted by molar-refractivity contribution is 4.45. The van der Waals surface area contributed by atoms with Crippen molar-refractivity contribution in [1.29, 1.82) is 0 Å². The predicted octanol–water partition coefficient (Wildman–Crippen LogP) is 2.07. The molecular weight excluding hydrogens is 164 g/mol. The van der Waals surface area contributed by atoms with Gasteiger partial charge in [-0.1, -0.05) is 33.1 Å². The molecule has 0 atom stereocenters. The lowest BCUT2D eigenvalue weighted by Crippen LogP contribution is -2.07. The lowest BCUT2D eigenvalue weighted by molar-refractivity contribution is 0.133. The van der Waals surface area contributed by atoms with Gasteiger partial charge in [-0.05, 0) is 26.4 Å². The summed E-state index contributed by atoms with van der Waals surface area (Å²) >= 11 is 0. The molecule has 3 N–H and O–H groups in total. The summed E-state index contributed by atoms with van der Waals surface area (Å²) < 4.78 is 0. The molecule has 0 bridgehead atoms. The van der Waals surface area contributed by atoms with Crippen LogP contribution in [-0.4, -0.2) is 20.2 Å². The van der Waals surface area contributed by atoms with Crippen molar-refractivity contribution in [2.75, 3.05) is 20.2 Å². The summed E-state index contributed by atoms with van der Waals surface area (Å²) in [6.07, 6.45) is 6.22. The van der Waals surface area contributed by atoms with E-state index >= 15 is 0 Å². The second kappa shape index (κ2) is 17.8. The van der Waals surface area contributed by atoms with E-state index in [1.54, 1.807) is 0 Å². The zero-order valence-electron chi connectivity index (χ0n) is 9.44. The highest BCUT2D eigenvalue weighted by Gasteiger charge is 1.89. The lowest BCUT2D eigenvalue weighted by Gasteiger charge is -1.99. The Morgan fingerprint density at radius 2 is 1.54 bits per heavy atom. The third-order valence-electron chi connectivity index (χ3n) is 1.69. The van der Waals surface area contributed by atoms with E-state index in [-0.39, 0.29) is 0 Å². The van der Waals surface area contributed by atoms with E-state index in [9.17, 15) is 0 Å². The molecule has 0 radical (unpaired) electrons. The minimum absolute atomic E-state index is 0.700. The molecule has 0 aromatic heterocycles. The average Bonchev–Trinajstić information content (AvgIpc) is 2.20. The standard InChI is InChI=1S/C8H20N2O.C2H6/c1-10-7-5-3-2-4-6-8-11-9;1-2/h10H,2-9H2,1H3;1-2H3. The van der Waals surface area contributed by atoms with Crippen LogP contribution in [0, 0.1) is 0 Å². The maximum atomic E-state index is 4.88. The largest absolute Gasteiger partial charge is 0.320 e. The first-order valence-corrected chi connectivity index (χ1v) is 5.38. The maximum absolute atomic E-state index is 4.88. The van der Waals surface area contributed by atoms with Crippen LogP contribution in [-0.2, 0) is 4.84 Å². The molecule has 0 aliphatic carbocycles. The number of unbranched alkanes of at least 4 members (excludes halogenated alkanes) is 4. The molecule has 0 fully saturated rings. The molecule has 0 aromatic carbocycles. The summed E-state index contributed by atoms with van der Waals surface area (Å²) in [6.45, 7) is 5.83. The Bertz CT molecular complexity index is 61.9. The zero-order chi connectivity index (χ0) is 10.4. The average molecular weight is 190 g/mol. The van der Waals surface area contributed by atoms with Crippen molar-refractivity contribution in [3.63, 3.8) is 0 Å². The Balaban J connectivity index is 0. The molecule has 0 aliphatic rings. The zero-order valence-corrected chi connectivity index (χ0v) is 9.44. The minimum Gasteiger partial charge on any atom is -0.320 e. The van der Waals surface area contributed by atoms with Gasteiger partial charge in [0, 0.05) is 0 Å². The van der Waals surface area contributed by atoms with E-state index in [4.69, 9.17) is 5.90 Å². The van der Waals surface area contributed by atoms with Gasteiger partial charge >= 0.3 is 0 Å². The number of rotatable bonds is 8. The van der Waals surface area contributed by atoms with Gasteiger partial charge in [0.1, 0.15) is 0 Å². The summed E-state index contributed by atoms with van der Waals surface area (Å²) in [6, 6.07) is 0. The predicted molar refractivity (Wildman–Crippen MR) is 58.5 cm³/mol. The van der Waals surface area contributed by atoms with Gasteiger partial charge < -0.3 is 10.2 Å². The van der Waals surface area contributed by atoms with Crippen molar-refractivity contribution in [2.45, 2.75) is 46.0 Å². The summed E-state index contributed by atoms with van der Waals surface area (Å²) in [5.74, 6) is 4.88. The van der Waals surface area contributed by atoms with Crippen LogP contribution in [0.2, 0.25) is 0 Å². The van der Waals surface area contributed by atoms with Gasteiger partial charge in [-0.25, -0.2) is 5.90 Å². The molecule has 0 spiro atoms. The van der Waals surface area contributed by atoms with Gasteiger partial charge in [0.25, 0.3) is 0 Å². The van der Waals surface area contributed by atoms with Crippen LogP contribution in [0.5, 0.6) is 0 Å². The normalized spacial score (nSPS) is 9.23. The molecular formula is C10H26N2O. The molecule has 0 heterocycles. The summed E-state index contributed by atoms with van der Waals surface area (Å²) in [5.41, 5.74) is 0. The molecule has 3 heteroatoms.